The van der Waals surface area contributed by atoms with E-state index in [1.54, 1.807) is 13.8 Å². The molecule has 1 rings (SSSR count). The molecule has 0 bridgehead atoms. The van der Waals surface area contributed by atoms with Crippen LogP contribution in [-0.2, 0) is 4.74 Å². The van der Waals surface area contributed by atoms with Crippen LogP contribution in [0.15, 0.2) is 0 Å². The van der Waals surface area contributed by atoms with Gasteiger partial charge < -0.3 is 4.74 Å². The molecule has 0 N–H and O–H groups in total. The van der Waals surface area contributed by atoms with Crippen molar-refractivity contribution in [1.82, 2.24) is 0 Å². The Morgan fingerprint density at radius 3 is 2.56 bits per heavy atom. The fraction of sp³-hybridized carbons (Fsp3) is 1.00. The molecule has 1 unspecified atom stereocenters. The summed E-state index contributed by atoms with van der Waals surface area (Å²) in [4.78, 5) is 0. The van der Waals surface area contributed by atoms with Gasteiger partial charge >= 0.3 is 0 Å². The fourth-order valence-electron chi connectivity index (χ4n) is 0.739. The molecule has 0 aromatic carbocycles. The molecule has 54 valence electrons. The molecule has 1 nitrogen and oxygen atoms in total. The van der Waals surface area contributed by atoms with Crippen LogP contribution in [0.25, 0.3) is 0 Å². The topological polar surface area (TPSA) is 12.5 Å². The number of ether oxygens (including phenoxy) is 1. The highest BCUT2D eigenvalue weighted by molar-refractivity contribution is 4.74. The van der Waals surface area contributed by atoms with E-state index in [0.29, 0.717) is 12.5 Å². The minimum Gasteiger partial charge on any atom is -0.373 e. The Labute approximate surface area is 55.2 Å². The van der Waals surface area contributed by atoms with Crippen molar-refractivity contribution >= 4 is 0 Å². The summed E-state index contributed by atoms with van der Waals surface area (Å²) in [7, 11) is 0. The van der Waals surface area contributed by atoms with Gasteiger partial charge in [0.1, 0.15) is 5.67 Å². The highest BCUT2D eigenvalue weighted by Crippen LogP contribution is 2.23. The summed E-state index contributed by atoms with van der Waals surface area (Å²) >= 11 is 0. The molecule has 1 heterocycles. The van der Waals surface area contributed by atoms with Crippen LogP contribution in [0.1, 0.15) is 26.7 Å². The van der Waals surface area contributed by atoms with Gasteiger partial charge in [0.15, 0.2) is 0 Å². The number of epoxide rings is 1. The third-order valence-electron chi connectivity index (χ3n) is 1.46. The van der Waals surface area contributed by atoms with Crippen LogP contribution in [0.4, 0.5) is 4.39 Å². The third-order valence-corrected chi connectivity index (χ3v) is 1.46. The number of rotatable bonds is 3. The van der Waals surface area contributed by atoms with Gasteiger partial charge in [-0.05, 0) is 26.7 Å². The SMILES string of the molecule is CC(C)(F)CCC1CO1. The van der Waals surface area contributed by atoms with Gasteiger partial charge in [-0.2, -0.15) is 0 Å². The average molecular weight is 132 g/mol. The molecule has 0 aromatic rings. The second-order valence-electron chi connectivity index (χ2n) is 3.21. The van der Waals surface area contributed by atoms with Gasteiger partial charge in [-0.15, -0.1) is 0 Å². The molecule has 0 amide bonds. The first kappa shape index (κ1) is 7.00. The van der Waals surface area contributed by atoms with Crippen LogP contribution < -0.4 is 0 Å². The Hall–Kier alpha value is -0.110. The van der Waals surface area contributed by atoms with Gasteiger partial charge in [0.25, 0.3) is 0 Å². The standard InChI is InChI=1S/C7H13FO/c1-7(2,8)4-3-6-5-9-6/h6H,3-5H2,1-2H3. The predicted molar refractivity (Wildman–Crippen MR) is 34.2 cm³/mol. The summed E-state index contributed by atoms with van der Waals surface area (Å²) in [5, 5.41) is 0. The molecular weight excluding hydrogens is 119 g/mol. The lowest BCUT2D eigenvalue weighted by Gasteiger charge is -2.11. The first-order valence-corrected chi connectivity index (χ1v) is 3.38. The summed E-state index contributed by atoms with van der Waals surface area (Å²) in [5.74, 6) is 0. The van der Waals surface area contributed by atoms with Crippen LogP contribution in [-0.4, -0.2) is 18.4 Å². The van der Waals surface area contributed by atoms with Crippen molar-refractivity contribution in [2.45, 2.75) is 38.5 Å². The molecular formula is C7H13FO. The van der Waals surface area contributed by atoms with Crippen molar-refractivity contribution in [2.75, 3.05) is 6.61 Å². The van der Waals surface area contributed by atoms with Gasteiger partial charge in [0, 0.05) is 0 Å². The molecule has 1 fully saturated rings. The molecule has 0 aromatic heterocycles. The molecule has 0 spiro atoms. The molecule has 2 heteroatoms. The Kier molecular flexibility index (Phi) is 1.75. The van der Waals surface area contributed by atoms with E-state index in [4.69, 9.17) is 4.74 Å². The van der Waals surface area contributed by atoms with Gasteiger partial charge in [-0.3, -0.25) is 0 Å². The summed E-state index contributed by atoms with van der Waals surface area (Å²) in [6.45, 7) is 4.06. The maximum absolute atomic E-state index is 12.7. The molecule has 0 saturated carbocycles. The lowest BCUT2D eigenvalue weighted by atomic mass is 10.0. The zero-order valence-corrected chi connectivity index (χ0v) is 5.98. The molecule has 1 saturated heterocycles. The van der Waals surface area contributed by atoms with E-state index in [2.05, 4.69) is 0 Å². The summed E-state index contributed by atoms with van der Waals surface area (Å²) in [6.07, 6.45) is 1.88. The Balaban J connectivity index is 2.03. The fourth-order valence-corrected chi connectivity index (χ4v) is 0.739. The largest absolute Gasteiger partial charge is 0.373 e. The highest BCUT2D eigenvalue weighted by Gasteiger charge is 2.26. The lowest BCUT2D eigenvalue weighted by molar-refractivity contribution is 0.190. The molecule has 1 aliphatic heterocycles. The van der Waals surface area contributed by atoms with Gasteiger partial charge in [-0.1, -0.05) is 0 Å². The van der Waals surface area contributed by atoms with Crippen molar-refractivity contribution in [2.24, 2.45) is 0 Å². The smallest absolute Gasteiger partial charge is 0.105 e. The Bertz CT molecular complexity index is 91.6. The van der Waals surface area contributed by atoms with Gasteiger partial charge in [0.05, 0.1) is 12.7 Å². The number of halogens is 1. The first-order chi connectivity index (χ1) is 4.08. The summed E-state index contributed by atoms with van der Waals surface area (Å²) in [6, 6.07) is 0. The van der Waals surface area contributed by atoms with Gasteiger partial charge in [-0.25, -0.2) is 4.39 Å². The van der Waals surface area contributed by atoms with Crippen LogP contribution >= 0.6 is 0 Å². The quantitative estimate of drug-likeness (QED) is 0.534. The number of hydrogen-bond acceptors (Lipinski definition) is 1. The minimum atomic E-state index is -1.01. The normalized spacial score (nSPS) is 26.3. The second kappa shape index (κ2) is 2.25. The Morgan fingerprint density at radius 2 is 2.22 bits per heavy atom. The predicted octanol–water partition coefficient (Wildman–Crippen LogP) is 1.91. The first-order valence-electron chi connectivity index (χ1n) is 3.38. The summed E-state index contributed by atoms with van der Waals surface area (Å²) < 4.78 is 17.7. The van der Waals surface area contributed by atoms with Gasteiger partial charge in [0.2, 0.25) is 0 Å². The van der Waals surface area contributed by atoms with Crippen LogP contribution in [0.5, 0.6) is 0 Å². The molecule has 1 aliphatic rings. The molecule has 1 atom stereocenters. The lowest BCUT2D eigenvalue weighted by Crippen LogP contribution is -2.12. The zero-order chi connectivity index (χ0) is 6.91. The van der Waals surface area contributed by atoms with Crippen molar-refractivity contribution in [3.05, 3.63) is 0 Å². The van der Waals surface area contributed by atoms with Crippen molar-refractivity contribution in [3.63, 3.8) is 0 Å². The zero-order valence-electron chi connectivity index (χ0n) is 5.98. The monoisotopic (exact) mass is 132 g/mol. The van der Waals surface area contributed by atoms with E-state index in [-0.39, 0.29) is 0 Å². The second-order valence-corrected chi connectivity index (χ2v) is 3.21. The van der Waals surface area contributed by atoms with Crippen molar-refractivity contribution < 1.29 is 9.13 Å². The highest BCUT2D eigenvalue weighted by atomic mass is 19.1. The summed E-state index contributed by atoms with van der Waals surface area (Å²) in [5.41, 5.74) is -1.01. The number of hydrogen-bond donors (Lipinski definition) is 0. The molecule has 0 aliphatic carbocycles. The van der Waals surface area contributed by atoms with E-state index in [1.165, 1.54) is 0 Å². The van der Waals surface area contributed by atoms with Crippen LogP contribution in [0.2, 0.25) is 0 Å². The van der Waals surface area contributed by atoms with E-state index in [0.717, 1.165) is 13.0 Å². The van der Waals surface area contributed by atoms with Crippen LogP contribution in [0, 0.1) is 0 Å². The Morgan fingerprint density at radius 1 is 1.67 bits per heavy atom. The van der Waals surface area contributed by atoms with Crippen molar-refractivity contribution in [3.8, 4) is 0 Å². The molecule has 9 heavy (non-hydrogen) atoms. The molecule has 0 radical (unpaired) electrons. The number of alkyl halides is 1. The van der Waals surface area contributed by atoms with E-state index < -0.39 is 5.67 Å². The van der Waals surface area contributed by atoms with E-state index >= 15 is 0 Å². The van der Waals surface area contributed by atoms with E-state index in [1.807, 2.05) is 0 Å². The van der Waals surface area contributed by atoms with E-state index in [9.17, 15) is 4.39 Å². The maximum Gasteiger partial charge on any atom is 0.105 e. The maximum atomic E-state index is 12.7. The minimum absolute atomic E-state index is 0.375. The van der Waals surface area contributed by atoms with Crippen LogP contribution in [0.3, 0.4) is 0 Å². The third kappa shape index (κ3) is 3.46. The van der Waals surface area contributed by atoms with Crippen molar-refractivity contribution in [1.29, 1.82) is 0 Å². The average Bonchev–Trinajstić information content (AvgIpc) is 2.38.